The molecule has 0 spiro atoms. The van der Waals surface area contributed by atoms with Crippen LogP contribution in [0.4, 0.5) is 0 Å². The second-order valence-electron chi connectivity index (χ2n) is 6.99. The third-order valence-corrected chi connectivity index (χ3v) is 4.73. The molecule has 0 aromatic carbocycles. The van der Waals surface area contributed by atoms with Crippen molar-refractivity contribution in [1.82, 2.24) is 0 Å². The molecule has 0 aromatic heterocycles. The Kier molecular flexibility index (Phi) is 8.95. The van der Waals surface area contributed by atoms with Crippen molar-refractivity contribution < 1.29 is 38.0 Å². The van der Waals surface area contributed by atoms with Crippen LogP contribution in [0, 0.1) is 0 Å². The molecule has 0 radical (unpaired) electrons. The fourth-order valence-corrected chi connectivity index (χ4v) is 3.49. The van der Waals surface area contributed by atoms with Crippen molar-refractivity contribution in [2.24, 2.45) is 0 Å². The third-order valence-electron chi connectivity index (χ3n) is 4.73. The van der Waals surface area contributed by atoms with Gasteiger partial charge in [-0.25, -0.2) is 0 Å². The molecule has 2 saturated heterocycles. The number of hydrogen-bond acceptors (Lipinski definition) is 8. The maximum atomic E-state index is 11.6. The number of ether oxygens (including phenoxy) is 6. The third kappa shape index (κ3) is 6.41. The lowest BCUT2D eigenvalue weighted by atomic mass is 9.97. The standard InChI is InChI=1S/C19H32O8/c1-5-6-7-8-9-10-15-23-11-14-16(27-15)17(24-12(2)20)18(25-13(3)21)19(22-4)26-14/h14-19H,5-11H2,1-4H3/t14-,15?,16+,17+,18-,19+/m1/s1. The molecule has 8 heteroatoms. The second kappa shape index (κ2) is 10.9. The molecule has 0 aliphatic carbocycles. The van der Waals surface area contributed by atoms with Crippen molar-refractivity contribution in [3.05, 3.63) is 0 Å². The molecule has 0 aromatic rings. The van der Waals surface area contributed by atoms with Crippen molar-refractivity contribution in [3.8, 4) is 0 Å². The predicted octanol–water partition coefficient (Wildman–Crippen LogP) is 2.32. The van der Waals surface area contributed by atoms with Crippen molar-refractivity contribution in [2.75, 3.05) is 13.7 Å². The Hall–Kier alpha value is -1.22. The van der Waals surface area contributed by atoms with Crippen molar-refractivity contribution in [2.45, 2.75) is 96.3 Å². The summed E-state index contributed by atoms with van der Waals surface area (Å²) in [6, 6.07) is 0. The first kappa shape index (κ1) is 22.1. The van der Waals surface area contributed by atoms with Crippen LogP contribution < -0.4 is 0 Å². The first-order valence-corrected chi connectivity index (χ1v) is 9.76. The van der Waals surface area contributed by atoms with E-state index in [2.05, 4.69) is 6.92 Å². The second-order valence-corrected chi connectivity index (χ2v) is 6.99. The minimum Gasteiger partial charge on any atom is -0.455 e. The normalized spacial score (nSPS) is 33.2. The Morgan fingerprint density at radius 1 is 0.963 bits per heavy atom. The quantitative estimate of drug-likeness (QED) is 0.439. The lowest BCUT2D eigenvalue weighted by molar-refractivity contribution is -0.357. The summed E-state index contributed by atoms with van der Waals surface area (Å²) in [6.45, 7) is 5.07. The first-order chi connectivity index (χ1) is 13.0. The Morgan fingerprint density at radius 3 is 2.26 bits per heavy atom. The molecule has 0 bridgehead atoms. The van der Waals surface area contributed by atoms with Gasteiger partial charge in [-0.2, -0.15) is 0 Å². The summed E-state index contributed by atoms with van der Waals surface area (Å²) in [5.74, 6) is -1.00. The number of rotatable bonds is 9. The summed E-state index contributed by atoms with van der Waals surface area (Å²) in [6.07, 6.45) is 2.45. The number of esters is 2. The van der Waals surface area contributed by atoms with E-state index in [1.807, 2.05) is 0 Å². The molecule has 2 fully saturated rings. The van der Waals surface area contributed by atoms with Gasteiger partial charge in [0.25, 0.3) is 0 Å². The maximum Gasteiger partial charge on any atom is 0.303 e. The average Bonchev–Trinajstić information content (AvgIpc) is 2.62. The largest absolute Gasteiger partial charge is 0.455 e. The summed E-state index contributed by atoms with van der Waals surface area (Å²) in [5, 5.41) is 0. The summed E-state index contributed by atoms with van der Waals surface area (Å²) in [5.41, 5.74) is 0. The Bertz CT molecular complexity index is 480. The van der Waals surface area contributed by atoms with Gasteiger partial charge >= 0.3 is 11.9 Å². The summed E-state index contributed by atoms with van der Waals surface area (Å²) in [7, 11) is 1.44. The number of hydrogen-bond donors (Lipinski definition) is 0. The highest BCUT2D eigenvalue weighted by Gasteiger charge is 2.53. The van der Waals surface area contributed by atoms with Crippen molar-refractivity contribution in [3.63, 3.8) is 0 Å². The van der Waals surface area contributed by atoms with Gasteiger partial charge in [0.15, 0.2) is 24.8 Å². The molecular formula is C19H32O8. The van der Waals surface area contributed by atoms with Gasteiger partial charge in [0.1, 0.15) is 12.2 Å². The van der Waals surface area contributed by atoms with Crippen LogP contribution in [0.15, 0.2) is 0 Å². The predicted molar refractivity (Wildman–Crippen MR) is 94.8 cm³/mol. The van der Waals surface area contributed by atoms with Crippen LogP contribution in [0.2, 0.25) is 0 Å². The van der Waals surface area contributed by atoms with Gasteiger partial charge in [-0.3, -0.25) is 9.59 Å². The van der Waals surface area contributed by atoms with E-state index in [9.17, 15) is 9.59 Å². The number of fused-ring (bicyclic) bond motifs is 1. The van der Waals surface area contributed by atoms with Crippen LogP contribution in [-0.4, -0.2) is 62.7 Å². The zero-order valence-electron chi connectivity index (χ0n) is 16.7. The van der Waals surface area contributed by atoms with E-state index < -0.39 is 48.9 Å². The highest BCUT2D eigenvalue weighted by Crippen LogP contribution is 2.33. The van der Waals surface area contributed by atoms with E-state index in [1.54, 1.807) is 0 Å². The minimum atomic E-state index is -0.902. The number of carbonyl (C=O) groups excluding carboxylic acids is 2. The van der Waals surface area contributed by atoms with E-state index >= 15 is 0 Å². The van der Waals surface area contributed by atoms with Gasteiger partial charge < -0.3 is 28.4 Å². The van der Waals surface area contributed by atoms with Crippen molar-refractivity contribution >= 4 is 11.9 Å². The lowest BCUT2D eigenvalue weighted by Gasteiger charge is -2.47. The number of methoxy groups -OCH3 is 1. The summed E-state index contributed by atoms with van der Waals surface area (Å²) < 4.78 is 33.7. The van der Waals surface area contributed by atoms with Gasteiger partial charge in [0.2, 0.25) is 0 Å². The number of unbranched alkanes of at least 4 members (excludes halogenated alkanes) is 4. The molecule has 2 rings (SSSR count). The van der Waals surface area contributed by atoms with Crippen LogP contribution in [0.1, 0.15) is 59.3 Å². The van der Waals surface area contributed by atoms with Gasteiger partial charge in [0.05, 0.1) is 6.61 Å². The lowest BCUT2D eigenvalue weighted by Crippen LogP contribution is -2.64. The molecule has 2 aliphatic rings. The molecule has 0 N–H and O–H groups in total. The molecule has 156 valence electrons. The van der Waals surface area contributed by atoms with Gasteiger partial charge in [-0.05, 0) is 12.8 Å². The van der Waals surface area contributed by atoms with E-state index in [-0.39, 0.29) is 0 Å². The molecule has 8 nitrogen and oxygen atoms in total. The molecule has 0 amide bonds. The van der Waals surface area contributed by atoms with E-state index in [0.29, 0.717) is 6.61 Å². The van der Waals surface area contributed by atoms with Crippen LogP contribution >= 0.6 is 0 Å². The highest BCUT2D eigenvalue weighted by molar-refractivity contribution is 5.67. The zero-order valence-corrected chi connectivity index (χ0v) is 16.7. The van der Waals surface area contributed by atoms with Gasteiger partial charge in [-0.1, -0.05) is 32.6 Å². The maximum absolute atomic E-state index is 11.6. The fraction of sp³-hybridized carbons (Fsp3) is 0.895. The smallest absolute Gasteiger partial charge is 0.303 e. The van der Waals surface area contributed by atoms with E-state index in [1.165, 1.54) is 40.2 Å². The van der Waals surface area contributed by atoms with Crippen LogP contribution in [0.5, 0.6) is 0 Å². The molecule has 2 aliphatic heterocycles. The van der Waals surface area contributed by atoms with E-state index in [4.69, 9.17) is 28.4 Å². The van der Waals surface area contributed by atoms with Crippen LogP contribution in [0.3, 0.4) is 0 Å². The Balaban J connectivity index is 2.03. The highest BCUT2D eigenvalue weighted by atomic mass is 16.8. The molecule has 2 heterocycles. The molecule has 1 unspecified atom stereocenters. The van der Waals surface area contributed by atoms with Crippen LogP contribution in [-0.2, 0) is 38.0 Å². The monoisotopic (exact) mass is 388 g/mol. The molecular weight excluding hydrogens is 356 g/mol. The van der Waals surface area contributed by atoms with Crippen LogP contribution in [0.25, 0.3) is 0 Å². The SMILES string of the molecule is CCCCCCCC1OC[C@H]2O[C@H](OC)[C@H](OC(C)=O)[C@@H](OC(C)=O)[C@H]2O1. The first-order valence-electron chi connectivity index (χ1n) is 9.76. The van der Waals surface area contributed by atoms with E-state index in [0.717, 1.165) is 19.3 Å². The fourth-order valence-electron chi connectivity index (χ4n) is 3.49. The Labute approximate surface area is 160 Å². The van der Waals surface area contributed by atoms with Gasteiger partial charge in [-0.15, -0.1) is 0 Å². The summed E-state index contributed by atoms with van der Waals surface area (Å²) >= 11 is 0. The molecule has 0 saturated carbocycles. The summed E-state index contributed by atoms with van der Waals surface area (Å²) in [4.78, 5) is 23.2. The molecule has 6 atom stereocenters. The molecule has 27 heavy (non-hydrogen) atoms. The van der Waals surface area contributed by atoms with Crippen molar-refractivity contribution in [1.29, 1.82) is 0 Å². The topological polar surface area (TPSA) is 89.5 Å². The Morgan fingerprint density at radius 2 is 1.63 bits per heavy atom. The minimum absolute atomic E-state index is 0.300. The average molecular weight is 388 g/mol. The van der Waals surface area contributed by atoms with Gasteiger partial charge in [0, 0.05) is 21.0 Å². The zero-order chi connectivity index (χ0) is 19.8. The number of carbonyl (C=O) groups is 2.